The number of nitrogens with one attached hydrogen (secondary N) is 1. The first-order valence-electron chi connectivity index (χ1n) is 8.22. The van der Waals surface area contributed by atoms with Gasteiger partial charge in [-0.25, -0.2) is 0 Å². The molecule has 1 aromatic carbocycles. The third-order valence-electron chi connectivity index (χ3n) is 4.21. The van der Waals surface area contributed by atoms with E-state index in [0.717, 1.165) is 31.6 Å². The van der Waals surface area contributed by atoms with Gasteiger partial charge in [0.1, 0.15) is 0 Å². The van der Waals surface area contributed by atoms with Crippen molar-refractivity contribution in [3.63, 3.8) is 0 Å². The molecule has 4 nitrogen and oxygen atoms in total. The van der Waals surface area contributed by atoms with Crippen LogP contribution < -0.4 is 11.1 Å². The molecule has 122 valence electrons. The monoisotopic (exact) mass is 303 g/mol. The summed E-state index contributed by atoms with van der Waals surface area (Å²) in [5, 5.41) is 3.55. The molecule has 4 heteroatoms. The summed E-state index contributed by atoms with van der Waals surface area (Å²) in [6, 6.07) is 8.89. The highest BCUT2D eigenvalue weighted by atomic mass is 16.2. The number of amides is 1. The van der Waals surface area contributed by atoms with E-state index in [0.29, 0.717) is 12.0 Å². The molecular weight excluding hydrogens is 274 g/mol. The Kier molecular flexibility index (Phi) is 5.12. The number of piperidine rings is 1. The van der Waals surface area contributed by atoms with Gasteiger partial charge in [0.15, 0.2) is 0 Å². The largest absolute Gasteiger partial charge is 0.381 e. The Balaban J connectivity index is 1.97. The highest BCUT2D eigenvalue weighted by molar-refractivity contribution is 5.85. The molecule has 0 spiro atoms. The summed E-state index contributed by atoms with van der Waals surface area (Å²) in [5.41, 5.74) is 7.61. The van der Waals surface area contributed by atoms with Gasteiger partial charge in [0.05, 0.1) is 5.54 Å². The summed E-state index contributed by atoms with van der Waals surface area (Å²) in [4.78, 5) is 14.2. The number of carbonyl (C=O) groups excluding carboxylic acids is 1. The van der Waals surface area contributed by atoms with Gasteiger partial charge in [-0.05, 0) is 50.3 Å². The van der Waals surface area contributed by atoms with E-state index in [2.05, 4.69) is 43.4 Å². The molecule has 0 radical (unpaired) electrons. The maximum absolute atomic E-state index is 12.3. The van der Waals surface area contributed by atoms with Gasteiger partial charge in [0.2, 0.25) is 5.91 Å². The predicted octanol–water partition coefficient (Wildman–Crippen LogP) is 2.95. The SMILES string of the molecule is CC(C)c1ccc(N[C@@H]2CCCN(C(=O)C(C)(C)N)C2)cc1. The van der Waals surface area contributed by atoms with Crippen LogP contribution in [0.3, 0.4) is 0 Å². The summed E-state index contributed by atoms with van der Waals surface area (Å²) in [6.45, 7) is 9.48. The van der Waals surface area contributed by atoms with Crippen LogP contribution in [0.25, 0.3) is 0 Å². The van der Waals surface area contributed by atoms with Gasteiger partial charge < -0.3 is 16.0 Å². The van der Waals surface area contributed by atoms with Crippen LogP contribution in [0.1, 0.15) is 52.0 Å². The summed E-state index contributed by atoms with van der Waals surface area (Å²) in [6.07, 6.45) is 2.10. The van der Waals surface area contributed by atoms with Gasteiger partial charge in [-0.15, -0.1) is 0 Å². The molecule has 2 rings (SSSR count). The topological polar surface area (TPSA) is 58.4 Å². The lowest BCUT2D eigenvalue weighted by Crippen LogP contribution is -2.55. The number of hydrogen-bond acceptors (Lipinski definition) is 3. The molecule has 1 amide bonds. The molecule has 1 saturated heterocycles. The number of nitrogens with zero attached hydrogens (tertiary/aromatic N) is 1. The molecule has 1 heterocycles. The van der Waals surface area contributed by atoms with Crippen LogP contribution in [0.4, 0.5) is 5.69 Å². The van der Waals surface area contributed by atoms with Crippen molar-refractivity contribution in [3.05, 3.63) is 29.8 Å². The quantitative estimate of drug-likeness (QED) is 0.899. The molecule has 0 aromatic heterocycles. The molecular formula is C18H29N3O. The van der Waals surface area contributed by atoms with E-state index in [-0.39, 0.29) is 5.91 Å². The van der Waals surface area contributed by atoms with E-state index >= 15 is 0 Å². The molecule has 3 N–H and O–H groups in total. The molecule has 1 aromatic rings. The Morgan fingerprint density at radius 3 is 2.50 bits per heavy atom. The zero-order valence-electron chi connectivity index (χ0n) is 14.2. The van der Waals surface area contributed by atoms with E-state index in [1.54, 1.807) is 13.8 Å². The van der Waals surface area contributed by atoms with Crippen molar-refractivity contribution in [2.45, 2.75) is 58.0 Å². The molecule has 1 fully saturated rings. The summed E-state index contributed by atoms with van der Waals surface area (Å²) < 4.78 is 0. The number of nitrogens with two attached hydrogens (primary N) is 1. The van der Waals surface area contributed by atoms with Crippen molar-refractivity contribution in [2.75, 3.05) is 18.4 Å². The minimum absolute atomic E-state index is 0.0363. The van der Waals surface area contributed by atoms with E-state index in [4.69, 9.17) is 5.73 Å². The highest BCUT2D eigenvalue weighted by Crippen LogP contribution is 2.21. The zero-order valence-corrected chi connectivity index (χ0v) is 14.2. The van der Waals surface area contributed by atoms with Crippen LogP contribution in [0.15, 0.2) is 24.3 Å². The Bertz CT molecular complexity index is 502. The lowest BCUT2D eigenvalue weighted by molar-refractivity contribution is -0.136. The van der Waals surface area contributed by atoms with E-state index in [1.165, 1.54) is 5.56 Å². The van der Waals surface area contributed by atoms with Crippen LogP contribution in [0.2, 0.25) is 0 Å². The van der Waals surface area contributed by atoms with Crippen molar-refractivity contribution in [3.8, 4) is 0 Å². The number of rotatable bonds is 4. The minimum atomic E-state index is -0.791. The molecule has 1 aliphatic rings. The lowest BCUT2D eigenvalue weighted by atomic mass is 9.99. The van der Waals surface area contributed by atoms with Crippen molar-refractivity contribution >= 4 is 11.6 Å². The first-order valence-corrected chi connectivity index (χ1v) is 8.22. The molecule has 22 heavy (non-hydrogen) atoms. The standard InChI is InChI=1S/C18H29N3O/c1-13(2)14-7-9-15(10-8-14)20-16-6-5-11-21(12-16)17(22)18(3,4)19/h7-10,13,16,20H,5-6,11-12,19H2,1-4H3/t16-/m1/s1. The zero-order chi connectivity index (χ0) is 16.3. The number of hydrogen-bond donors (Lipinski definition) is 2. The second-order valence-electron chi connectivity index (χ2n) is 7.23. The van der Waals surface area contributed by atoms with Gasteiger partial charge >= 0.3 is 0 Å². The van der Waals surface area contributed by atoms with Gasteiger partial charge in [0.25, 0.3) is 0 Å². The summed E-state index contributed by atoms with van der Waals surface area (Å²) in [7, 11) is 0. The first-order chi connectivity index (χ1) is 10.3. The van der Waals surface area contributed by atoms with E-state index < -0.39 is 5.54 Å². The van der Waals surface area contributed by atoms with Gasteiger partial charge in [-0.2, -0.15) is 0 Å². The maximum atomic E-state index is 12.3. The van der Waals surface area contributed by atoms with Crippen LogP contribution in [-0.2, 0) is 4.79 Å². The second-order valence-corrected chi connectivity index (χ2v) is 7.23. The number of likely N-dealkylation sites (tertiary alicyclic amines) is 1. The average molecular weight is 303 g/mol. The fourth-order valence-electron chi connectivity index (χ4n) is 2.89. The van der Waals surface area contributed by atoms with Gasteiger partial charge in [-0.1, -0.05) is 26.0 Å². The fourth-order valence-corrected chi connectivity index (χ4v) is 2.89. The molecule has 1 atom stereocenters. The Morgan fingerprint density at radius 2 is 1.95 bits per heavy atom. The summed E-state index contributed by atoms with van der Waals surface area (Å²) in [5.74, 6) is 0.581. The number of carbonyl (C=O) groups is 1. The molecule has 0 aliphatic carbocycles. The Labute approximate surface area is 134 Å². The summed E-state index contributed by atoms with van der Waals surface area (Å²) >= 11 is 0. The third kappa shape index (κ3) is 4.23. The lowest BCUT2D eigenvalue weighted by Gasteiger charge is -2.37. The van der Waals surface area contributed by atoms with E-state index in [9.17, 15) is 4.79 Å². The Hall–Kier alpha value is -1.55. The second kappa shape index (κ2) is 6.69. The van der Waals surface area contributed by atoms with Crippen molar-refractivity contribution in [1.82, 2.24) is 4.90 Å². The van der Waals surface area contributed by atoms with Gasteiger partial charge in [-0.3, -0.25) is 4.79 Å². The molecule has 0 bridgehead atoms. The fraction of sp³-hybridized carbons (Fsp3) is 0.611. The average Bonchev–Trinajstić information content (AvgIpc) is 2.46. The maximum Gasteiger partial charge on any atom is 0.242 e. The normalized spacial score (nSPS) is 19.4. The van der Waals surface area contributed by atoms with Crippen LogP contribution in [-0.4, -0.2) is 35.5 Å². The van der Waals surface area contributed by atoms with Crippen LogP contribution >= 0.6 is 0 Å². The van der Waals surface area contributed by atoms with Crippen molar-refractivity contribution in [2.24, 2.45) is 5.73 Å². The highest BCUT2D eigenvalue weighted by Gasteiger charge is 2.31. The van der Waals surface area contributed by atoms with Crippen LogP contribution in [0.5, 0.6) is 0 Å². The Morgan fingerprint density at radius 1 is 1.32 bits per heavy atom. The van der Waals surface area contributed by atoms with Crippen molar-refractivity contribution < 1.29 is 4.79 Å². The van der Waals surface area contributed by atoms with E-state index in [1.807, 2.05) is 4.90 Å². The van der Waals surface area contributed by atoms with Crippen molar-refractivity contribution in [1.29, 1.82) is 0 Å². The molecule has 0 unspecified atom stereocenters. The number of anilines is 1. The smallest absolute Gasteiger partial charge is 0.242 e. The molecule has 1 aliphatic heterocycles. The number of benzene rings is 1. The first kappa shape index (κ1) is 16.8. The van der Waals surface area contributed by atoms with Gasteiger partial charge in [0, 0.05) is 24.8 Å². The predicted molar refractivity (Wildman–Crippen MR) is 92.0 cm³/mol. The van der Waals surface area contributed by atoms with Crippen LogP contribution in [0, 0.1) is 0 Å². The molecule has 0 saturated carbocycles. The minimum Gasteiger partial charge on any atom is -0.381 e. The third-order valence-corrected chi connectivity index (χ3v) is 4.21.